The van der Waals surface area contributed by atoms with Crippen LogP contribution in [0.1, 0.15) is 52.9 Å². The maximum absolute atomic E-state index is 11.8. The molecular formula is C14H27NO5S. The van der Waals surface area contributed by atoms with Crippen molar-refractivity contribution in [2.45, 2.75) is 64.5 Å². The molecule has 124 valence electrons. The summed E-state index contributed by atoms with van der Waals surface area (Å²) in [5, 5.41) is 2.72. The average molecular weight is 321 g/mol. The van der Waals surface area contributed by atoms with Gasteiger partial charge in [0, 0.05) is 0 Å². The van der Waals surface area contributed by atoms with Gasteiger partial charge in [-0.25, -0.2) is 4.79 Å². The minimum absolute atomic E-state index is 0.0470. The number of hydrogen-bond donors (Lipinski definition) is 1. The Hall–Kier alpha value is -0.820. The molecule has 0 aromatic rings. The Morgan fingerprint density at radius 3 is 2.33 bits per heavy atom. The summed E-state index contributed by atoms with van der Waals surface area (Å²) < 4.78 is 32.3. The molecule has 0 radical (unpaired) electrons. The van der Waals surface area contributed by atoms with Gasteiger partial charge in [0.2, 0.25) is 0 Å². The summed E-state index contributed by atoms with van der Waals surface area (Å²) in [5.74, 6) is 0.507. The van der Waals surface area contributed by atoms with Crippen LogP contribution in [0.2, 0.25) is 0 Å². The molecule has 0 saturated heterocycles. The van der Waals surface area contributed by atoms with Crippen molar-refractivity contribution < 1.29 is 22.1 Å². The van der Waals surface area contributed by atoms with Crippen LogP contribution in [0.25, 0.3) is 0 Å². The van der Waals surface area contributed by atoms with E-state index in [1.165, 1.54) is 12.8 Å². The highest BCUT2D eigenvalue weighted by Crippen LogP contribution is 2.28. The van der Waals surface area contributed by atoms with E-state index in [1.807, 2.05) is 0 Å². The number of hydrogen-bond acceptors (Lipinski definition) is 5. The van der Waals surface area contributed by atoms with Crippen molar-refractivity contribution in [2.24, 2.45) is 5.92 Å². The molecule has 0 aliphatic heterocycles. The highest BCUT2D eigenvalue weighted by molar-refractivity contribution is 7.85. The normalized spacial score (nSPS) is 18.5. The number of rotatable bonds is 6. The fourth-order valence-electron chi connectivity index (χ4n) is 2.50. The van der Waals surface area contributed by atoms with Crippen LogP contribution in [-0.2, 0) is 19.0 Å². The molecule has 1 aliphatic rings. The summed E-state index contributed by atoms with van der Waals surface area (Å²) in [6.45, 7) is 5.30. The fourth-order valence-corrected chi connectivity index (χ4v) is 2.91. The van der Waals surface area contributed by atoms with Crippen molar-refractivity contribution in [1.82, 2.24) is 5.32 Å². The molecule has 1 rings (SSSR count). The third-order valence-electron chi connectivity index (χ3n) is 3.30. The lowest BCUT2D eigenvalue weighted by atomic mass is 9.99. The van der Waals surface area contributed by atoms with Gasteiger partial charge in [-0.05, 0) is 33.1 Å². The quantitative estimate of drug-likeness (QED) is 0.760. The fraction of sp³-hybridized carbons (Fsp3) is 0.929. The van der Waals surface area contributed by atoms with E-state index in [0.717, 1.165) is 25.5 Å². The van der Waals surface area contributed by atoms with E-state index in [0.29, 0.717) is 5.92 Å². The Bertz CT molecular complexity index is 435. The standard InChI is InChI=1S/C14H27NO5S/c1-14(2,3)20-13(16)15-12(10-19-21(4,17)18)9-11-7-5-6-8-11/h11-12H,5-10H2,1-4H3,(H,15,16)/t12-/m1/s1. The molecule has 0 spiro atoms. The Balaban J connectivity index is 2.55. The van der Waals surface area contributed by atoms with Crippen LogP contribution in [0.5, 0.6) is 0 Å². The number of ether oxygens (including phenoxy) is 1. The van der Waals surface area contributed by atoms with E-state index < -0.39 is 21.8 Å². The van der Waals surface area contributed by atoms with Gasteiger partial charge in [0.25, 0.3) is 10.1 Å². The van der Waals surface area contributed by atoms with Gasteiger partial charge in [-0.2, -0.15) is 8.42 Å². The van der Waals surface area contributed by atoms with Crippen LogP contribution in [0, 0.1) is 5.92 Å². The summed E-state index contributed by atoms with van der Waals surface area (Å²) in [4.78, 5) is 11.8. The largest absolute Gasteiger partial charge is 0.444 e. The lowest BCUT2D eigenvalue weighted by Gasteiger charge is -2.25. The van der Waals surface area contributed by atoms with E-state index >= 15 is 0 Å². The number of nitrogens with one attached hydrogen (secondary N) is 1. The number of amides is 1. The lowest BCUT2D eigenvalue weighted by molar-refractivity contribution is 0.0479. The molecule has 1 amide bonds. The minimum atomic E-state index is -3.52. The van der Waals surface area contributed by atoms with E-state index in [2.05, 4.69) is 5.32 Å². The van der Waals surface area contributed by atoms with Gasteiger partial charge in [0.05, 0.1) is 18.9 Å². The van der Waals surface area contributed by atoms with Gasteiger partial charge in [-0.1, -0.05) is 25.7 Å². The second-order valence-electron chi connectivity index (χ2n) is 6.72. The molecule has 1 aliphatic carbocycles. The molecule has 1 saturated carbocycles. The molecule has 7 heteroatoms. The van der Waals surface area contributed by atoms with Crippen LogP contribution in [0.3, 0.4) is 0 Å². The van der Waals surface area contributed by atoms with E-state index in [1.54, 1.807) is 20.8 Å². The first kappa shape index (κ1) is 18.2. The van der Waals surface area contributed by atoms with Crippen LogP contribution >= 0.6 is 0 Å². The Morgan fingerprint density at radius 2 is 1.86 bits per heavy atom. The van der Waals surface area contributed by atoms with Gasteiger partial charge < -0.3 is 10.1 Å². The molecular weight excluding hydrogens is 294 g/mol. The zero-order valence-electron chi connectivity index (χ0n) is 13.3. The molecule has 21 heavy (non-hydrogen) atoms. The Morgan fingerprint density at radius 1 is 1.29 bits per heavy atom. The summed E-state index contributed by atoms with van der Waals surface area (Å²) in [7, 11) is -3.52. The molecule has 0 aromatic carbocycles. The molecule has 0 bridgehead atoms. The Labute approximate surface area is 127 Å². The van der Waals surface area contributed by atoms with Gasteiger partial charge >= 0.3 is 6.09 Å². The first-order chi connectivity index (χ1) is 9.55. The van der Waals surface area contributed by atoms with Gasteiger partial charge in [0.1, 0.15) is 5.60 Å². The van der Waals surface area contributed by atoms with Crippen LogP contribution in [0.15, 0.2) is 0 Å². The maximum atomic E-state index is 11.8. The highest BCUT2D eigenvalue weighted by Gasteiger charge is 2.25. The van der Waals surface area contributed by atoms with Crippen LogP contribution in [0.4, 0.5) is 4.79 Å². The van der Waals surface area contributed by atoms with E-state index in [4.69, 9.17) is 8.92 Å². The molecule has 0 heterocycles. The van der Waals surface area contributed by atoms with Gasteiger partial charge in [-0.15, -0.1) is 0 Å². The molecule has 1 fully saturated rings. The molecule has 0 unspecified atom stereocenters. The number of carbonyl (C=O) groups excluding carboxylic acids is 1. The second kappa shape index (κ2) is 7.45. The summed E-state index contributed by atoms with van der Waals surface area (Å²) >= 11 is 0. The summed E-state index contributed by atoms with van der Waals surface area (Å²) in [6, 6.07) is -0.349. The van der Waals surface area contributed by atoms with Crippen molar-refractivity contribution in [3.8, 4) is 0 Å². The molecule has 1 atom stereocenters. The van der Waals surface area contributed by atoms with E-state index in [9.17, 15) is 13.2 Å². The van der Waals surface area contributed by atoms with Crippen molar-refractivity contribution in [3.63, 3.8) is 0 Å². The smallest absolute Gasteiger partial charge is 0.407 e. The lowest BCUT2D eigenvalue weighted by Crippen LogP contribution is -2.42. The van der Waals surface area contributed by atoms with Gasteiger partial charge in [0.15, 0.2) is 0 Å². The third-order valence-corrected chi connectivity index (χ3v) is 3.86. The first-order valence-corrected chi connectivity index (χ1v) is 9.21. The monoisotopic (exact) mass is 321 g/mol. The molecule has 0 aromatic heterocycles. The van der Waals surface area contributed by atoms with Crippen molar-refractivity contribution in [1.29, 1.82) is 0 Å². The predicted octanol–water partition coefficient (Wildman–Crippen LogP) is 2.44. The molecule has 1 N–H and O–H groups in total. The third kappa shape index (κ3) is 8.93. The summed E-state index contributed by atoms with van der Waals surface area (Å²) in [6.07, 6.45) is 5.80. The zero-order valence-corrected chi connectivity index (χ0v) is 14.2. The first-order valence-electron chi connectivity index (χ1n) is 7.39. The molecule has 6 nitrogen and oxygen atoms in total. The average Bonchev–Trinajstić information content (AvgIpc) is 2.74. The van der Waals surface area contributed by atoms with Crippen molar-refractivity contribution in [2.75, 3.05) is 12.9 Å². The van der Waals surface area contributed by atoms with Crippen LogP contribution in [-0.4, -0.2) is 39.0 Å². The number of alkyl carbamates (subject to hydrolysis) is 1. The minimum Gasteiger partial charge on any atom is -0.444 e. The summed E-state index contributed by atoms with van der Waals surface area (Å²) in [5.41, 5.74) is -0.584. The highest BCUT2D eigenvalue weighted by atomic mass is 32.2. The number of carbonyl (C=O) groups is 1. The van der Waals surface area contributed by atoms with Crippen molar-refractivity contribution in [3.05, 3.63) is 0 Å². The Kier molecular flexibility index (Phi) is 6.46. The topological polar surface area (TPSA) is 81.7 Å². The predicted molar refractivity (Wildman–Crippen MR) is 80.5 cm³/mol. The van der Waals surface area contributed by atoms with Crippen molar-refractivity contribution >= 4 is 16.2 Å². The SMILES string of the molecule is CC(C)(C)OC(=O)N[C@@H](COS(C)(=O)=O)CC1CCCC1. The maximum Gasteiger partial charge on any atom is 0.407 e. The van der Waals surface area contributed by atoms with E-state index in [-0.39, 0.29) is 12.6 Å². The second-order valence-corrected chi connectivity index (χ2v) is 8.36. The van der Waals surface area contributed by atoms with Gasteiger partial charge in [-0.3, -0.25) is 4.18 Å². The zero-order chi connectivity index (χ0) is 16.1. The van der Waals surface area contributed by atoms with Crippen LogP contribution < -0.4 is 5.32 Å².